The molecule has 2 heterocycles. The number of amides is 1. The normalized spacial score (nSPS) is 16.5. The van der Waals surface area contributed by atoms with E-state index in [1.165, 1.54) is 0 Å². The van der Waals surface area contributed by atoms with Crippen LogP contribution in [0.25, 0.3) is 0 Å². The Bertz CT molecular complexity index is 716. The molecule has 1 fully saturated rings. The van der Waals surface area contributed by atoms with Gasteiger partial charge in [-0.3, -0.25) is 0 Å². The second kappa shape index (κ2) is 8.70. The van der Waals surface area contributed by atoms with E-state index in [2.05, 4.69) is 29.8 Å². The van der Waals surface area contributed by atoms with Crippen LogP contribution in [0.1, 0.15) is 43.9 Å². The van der Waals surface area contributed by atoms with Crippen molar-refractivity contribution in [1.29, 1.82) is 0 Å². The quantitative estimate of drug-likeness (QED) is 0.772. The van der Waals surface area contributed by atoms with Crippen molar-refractivity contribution in [2.75, 3.05) is 24.5 Å². The summed E-state index contributed by atoms with van der Waals surface area (Å²) in [6, 6.07) is 13.9. The molecule has 1 amide bonds. The summed E-state index contributed by atoms with van der Waals surface area (Å²) in [7, 11) is 0. The first kappa shape index (κ1) is 18.2. The molecule has 0 unspecified atom stereocenters. The van der Waals surface area contributed by atoms with E-state index in [4.69, 9.17) is 4.74 Å². The van der Waals surface area contributed by atoms with E-state index in [1.807, 2.05) is 47.5 Å². The minimum Gasteiger partial charge on any atom is -0.445 e. The number of anilines is 1. The van der Waals surface area contributed by atoms with Gasteiger partial charge in [-0.1, -0.05) is 36.4 Å². The smallest absolute Gasteiger partial charge is 0.410 e. The van der Waals surface area contributed by atoms with Crippen LogP contribution in [0.4, 0.5) is 10.6 Å². The highest BCUT2D eigenvalue weighted by Gasteiger charge is 2.33. The predicted molar refractivity (Wildman–Crippen MR) is 103 cm³/mol. The maximum Gasteiger partial charge on any atom is 0.410 e. The van der Waals surface area contributed by atoms with Crippen molar-refractivity contribution in [1.82, 2.24) is 9.88 Å². The topological polar surface area (TPSA) is 45.7 Å². The van der Waals surface area contributed by atoms with Gasteiger partial charge in [0.05, 0.1) is 6.04 Å². The summed E-state index contributed by atoms with van der Waals surface area (Å²) in [6.07, 6.45) is 3.51. The minimum atomic E-state index is -0.245. The van der Waals surface area contributed by atoms with Crippen LogP contribution in [0.15, 0.2) is 48.7 Å². The molecule has 0 aliphatic carbocycles. The Balaban J connectivity index is 1.75. The van der Waals surface area contributed by atoms with E-state index >= 15 is 0 Å². The number of aromatic nitrogens is 1. The molecule has 5 heteroatoms. The predicted octanol–water partition coefficient (Wildman–Crippen LogP) is 4.40. The Labute approximate surface area is 155 Å². The largest absolute Gasteiger partial charge is 0.445 e. The number of carbonyl (C=O) groups is 1. The van der Waals surface area contributed by atoms with Crippen molar-refractivity contribution in [3.8, 4) is 0 Å². The van der Waals surface area contributed by atoms with Crippen LogP contribution in [0, 0.1) is 0 Å². The lowest BCUT2D eigenvalue weighted by Gasteiger charge is -2.29. The molecule has 1 aromatic heterocycles. The Morgan fingerprint density at radius 3 is 2.69 bits per heavy atom. The number of hydrogen-bond acceptors (Lipinski definition) is 4. The Hall–Kier alpha value is -2.56. The number of carbonyl (C=O) groups excluding carboxylic acids is 1. The molecule has 3 rings (SSSR count). The summed E-state index contributed by atoms with van der Waals surface area (Å²) in [4.78, 5) is 21.4. The van der Waals surface area contributed by atoms with E-state index in [-0.39, 0.29) is 12.1 Å². The van der Waals surface area contributed by atoms with Crippen molar-refractivity contribution in [2.24, 2.45) is 0 Å². The van der Waals surface area contributed by atoms with E-state index in [1.54, 1.807) is 0 Å². The summed E-state index contributed by atoms with van der Waals surface area (Å²) in [5.74, 6) is 0.977. The van der Waals surface area contributed by atoms with Crippen LogP contribution in [0.3, 0.4) is 0 Å². The van der Waals surface area contributed by atoms with E-state index in [0.717, 1.165) is 49.4 Å². The lowest BCUT2D eigenvalue weighted by molar-refractivity contribution is 0.0921. The number of hydrogen-bond donors (Lipinski definition) is 0. The molecule has 1 saturated heterocycles. The first-order valence-corrected chi connectivity index (χ1v) is 9.41. The zero-order chi connectivity index (χ0) is 18.4. The Morgan fingerprint density at radius 1 is 1.19 bits per heavy atom. The summed E-state index contributed by atoms with van der Waals surface area (Å²) >= 11 is 0. The fourth-order valence-corrected chi connectivity index (χ4v) is 3.57. The van der Waals surface area contributed by atoms with Gasteiger partial charge in [-0.2, -0.15) is 0 Å². The molecule has 1 aromatic carbocycles. The van der Waals surface area contributed by atoms with Crippen LogP contribution < -0.4 is 4.90 Å². The van der Waals surface area contributed by atoms with Gasteiger partial charge in [0.25, 0.3) is 0 Å². The molecule has 0 N–H and O–H groups in total. The van der Waals surface area contributed by atoms with Gasteiger partial charge in [-0.15, -0.1) is 0 Å². The zero-order valence-corrected chi connectivity index (χ0v) is 15.6. The third-order valence-corrected chi connectivity index (χ3v) is 4.93. The number of benzene rings is 1. The lowest BCUT2D eigenvalue weighted by atomic mass is 10.0. The molecule has 1 aliphatic heterocycles. The van der Waals surface area contributed by atoms with Gasteiger partial charge < -0.3 is 14.5 Å². The number of ether oxygens (including phenoxy) is 1. The third-order valence-electron chi connectivity index (χ3n) is 4.93. The van der Waals surface area contributed by atoms with Crippen LogP contribution in [0.5, 0.6) is 0 Å². The minimum absolute atomic E-state index is 0.0302. The van der Waals surface area contributed by atoms with Gasteiger partial charge in [0.2, 0.25) is 0 Å². The molecule has 2 aromatic rings. The Morgan fingerprint density at radius 2 is 1.96 bits per heavy atom. The molecule has 1 aliphatic rings. The molecular formula is C21H27N3O2. The molecule has 0 spiro atoms. The van der Waals surface area contributed by atoms with E-state index in [0.29, 0.717) is 6.61 Å². The van der Waals surface area contributed by atoms with E-state index in [9.17, 15) is 4.79 Å². The van der Waals surface area contributed by atoms with Gasteiger partial charge in [0.1, 0.15) is 12.4 Å². The highest BCUT2D eigenvalue weighted by Crippen LogP contribution is 2.36. The SMILES string of the molecule is CCN(CC)c1ncccc1[C@H]1CCCN1C(=O)OCc1ccccc1. The van der Waals surface area contributed by atoms with E-state index < -0.39 is 0 Å². The summed E-state index contributed by atoms with van der Waals surface area (Å²) < 4.78 is 5.57. The standard InChI is InChI=1S/C21H27N3O2/c1-3-23(4-2)20-18(12-8-14-22-20)19-13-9-15-24(19)21(25)26-16-17-10-6-5-7-11-17/h5-8,10-12,14,19H,3-4,9,13,15-16H2,1-2H3/t19-/m1/s1. The van der Waals surface area contributed by atoms with Crippen LogP contribution in [-0.4, -0.2) is 35.6 Å². The lowest BCUT2D eigenvalue weighted by Crippen LogP contribution is -2.33. The molecule has 0 saturated carbocycles. The Kier molecular flexibility index (Phi) is 6.10. The second-order valence-corrected chi connectivity index (χ2v) is 6.48. The maximum atomic E-state index is 12.7. The highest BCUT2D eigenvalue weighted by atomic mass is 16.6. The molecular weight excluding hydrogens is 326 g/mol. The van der Waals surface area contributed by atoms with Gasteiger partial charge in [-0.25, -0.2) is 9.78 Å². The average Bonchev–Trinajstić information content (AvgIpc) is 3.18. The van der Waals surface area contributed by atoms with Gasteiger partial charge in [0, 0.05) is 31.4 Å². The fraction of sp³-hybridized carbons (Fsp3) is 0.429. The van der Waals surface area contributed by atoms with Gasteiger partial charge >= 0.3 is 6.09 Å². The fourth-order valence-electron chi connectivity index (χ4n) is 3.57. The number of nitrogens with zero attached hydrogens (tertiary/aromatic N) is 3. The van der Waals surface area contributed by atoms with Crippen LogP contribution in [-0.2, 0) is 11.3 Å². The van der Waals surface area contributed by atoms with Gasteiger partial charge in [-0.05, 0) is 38.3 Å². The van der Waals surface area contributed by atoms with Crippen molar-refractivity contribution in [2.45, 2.75) is 39.3 Å². The van der Waals surface area contributed by atoms with Crippen molar-refractivity contribution >= 4 is 11.9 Å². The summed E-state index contributed by atoms with van der Waals surface area (Å²) in [5.41, 5.74) is 2.12. The molecule has 0 radical (unpaired) electrons. The molecule has 5 nitrogen and oxygen atoms in total. The number of pyridine rings is 1. The molecule has 138 valence electrons. The zero-order valence-electron chi connectivity index (χ0n) is 15.6. The molecule has 1 atom stereocenters. The molecule has 26 heavy (non-hydrogen) atoms. The number of likely N-dealkylation sites (tertiary alicyclic amines) is 1. The van der Waals surface area contributed by atoms with Crippen LogP contribution in [0.2, 0.25) is 0 Å². The van der Waals surface area contributed by atoms with Crippen molar-refractivity contribution < 1.29 is 9.53 Å². The van der Waals surface area contributed by atoms with Gasteiger partial charge in [0.15, 0.2) is 0 Å². The second-order valence-electron chi connectivity index (χ2n) is 6.48. The monoisotopic (exact) mass is 353 g/mol. The first-order valence-electron chi connectivity index (χ1n) is 9.41. The number of rotatable bonds is 6. The summed E-state index contributed by atoms with van der Waals surface area (Å²) in [6.45, 7) is 7.08. The highest BCUT2D eigenvalue weighted by molar-refractivity contribution is 5.69. The average molecular weight is 353 g/mol. The maximum absolute atomic E-state index is 12.7. The first-order chi connectivity index (χ1) is 12.7. The van der Waals surface area contributed by atoms with Crippen LogP contribution >= 0.6 is 0 Å². The summed E-state index contributed by atoms with van der Waals surface area (Å²) in [5, 5.41) is 0. The molecule has 0 bridgehead atoms. The van der Waals surface area contributed by atoms with Crippen molar-refractivity contribution in [3.63, 3.8) is 0 Å². The van der Waals surface area contributed by atoms with Crippen molar-refractivity contribution in [3.05, 3.63) is 59.8 Å². The third kappa shape index (κ3) is 3.98.